The Morgan fingerprint density at radius 2 is 0.738 bits per heavy atom. The molecule has 0 aromatic heterocycles. The molecule has 0 amide bonds. The molecule has 1 nitrogen and oxygen atoms in total. The van der Waals surface area contributed by atoms with E-state index >= 15 is 0 Å². The highest BCUT2D eigenvalue weighted by molar-refractivity contribution is 5.99. The Labute approximate surface area is 381 Å². The Balaban J connectivity index is 0.995. The zero-order valence-corrected chi connectivity index (χ0v) is 36.2. The second-order valence-corrected chi connectivity index (χ2v) is 17.4. The van der Waals surface area contributed by atoms with Crippen LogP contribution in [0.15, 0.2) is 255 Å². The van der Waals surface area contributed by atoms with E-state index in [4.69, 9.17) is 0 Å². The molecule has 65 heavy (non-hydrogen) atoms. The Hall–Kier alpha value is -8.26. The summed E-state index contributed by atoms with van der Waals surface area (Å²) in [6.45, 7) is 2.40. The summed E-state index contributed by atoms with van der Waals surface area (Å²) in [4.78, 5) is 2.48. The van der Waals surface area contributed by atoms with Gasteiger partial charge < -0.3 is 4.90 Å². The molecule has 0 radical (unpaired) electrons. The van der Waals surface area contributed by atoms with Crippen LogP contribution < -0.4 is 4.90 Å². The molecule has 306 valence electrons. The number of benzene rings is 11. The lowest BCUT2D eigenvalue weighted by Crippen LogP contribution is -2.22. The zero-order valence-electron chi connectivity index (χ0n) is 36.2. The maximum atomic E-state index is 2.48. The summed E-state index contributed by atoms with van der Waals surface area (Å²) < 4.78 is 0. The van der Waals surface area contributed by atoms with Crippen LogP contribution in [0.5, 0.6) is 0 Å². The summed E-state index contributed by atoms with van der Waals surface area (Å²) in [5.74, 6) is 0. The predicted molar refractivity (Wildman–Crippen MR) is 275 cm³/mol. The van der Waals surface area contributed by atoms with Crippen LogP contribution in [0.3, 0.4) is 0 Å². The maximum absolute atomic E-state index is 2.48. The van der Waals surface area contributed by atoms with Crippen molar-refractivity contribution in [1.29, 1.82) is 0 Å². The van der Waals surface area contributed by atoms with Crippen molar-refractivity contribution in [3.63, 3.8) is 0 Å². The van der Waals surface area contributed by atoms with E-state index in [0.29, 0.717) is 0 Å². The van der Waals surface area contributed by atoms with Gasteiger partial charge in [-0.25, -0.2) is 0 Å². The van der Waals surface area contributed by atoms with Crippen LogP contribution in [-0.2, 0) is 5.41 Å². The zero-order chi connectivity index (χ0) is 43.3. The quantitative estimate of drug-likeness (QED) is 0.147. The van der Waals surface area contributed by atoms with Crippen LogP contribution in [0.2, 0.25) is 0 Å². The van der Waals surface area contributed by atoms with E-state index in [2.05, 4.69) is 267 Å². The largest absolute Gasteiger partial charge is 0.310 e. The molecule has 1 atom stereocenters. The second-order valence-electron chi connectivity index (χ2n) is 17.4. The Bertz CT molecular complexity index is 3370. The van der Waals surface area contributed by atoms with Crippen molar-refractivity contribution in [3.05, 3.63) is 271 Å². The van der Waals surface area contributed by atoms with Crippen LogP contribution in [0.4, 0.5) is 17.1 Å². The van der Waals surface area contributed by atoms with Crippen LogP contribution in [0, 0.1) is 0 Å². The molecular formula is C64H45N. The van der Waals surface area contributed by atoms with E-state index in [1.54, 1.807) is 0 Å². The van der Waals surface area contributed by atoms with Crippen LogP contribution >= 0.6 is 0 Å². The first kappa shape index (κ1) is 38.4. The first-order valence-corrected chi connectivity index (χ1v) is 22.6. The Morgan fingerprint density at radius 3 is 1.32 bits per heavy atom. The third-order valence-corrected chi connectivity index (χ3v) is 13.8. The van der Waals surface area contributed by atoms with Gasteiger partial charge in [-0.3, -0.25) is 0 Å². The molecule has 11 aromatic carbocycles. The molecule has 12 rings (SSSR count). The molecule has 0 fully saturated rings. The Kier molecular flexibility index (Phi) is 9.35. The lowest BCUT2D eigenvalue weighted by molar-refractivity contribution is 0.714. The maximum Gasteiger partial charge on any atom is 0.0543 e. The Morgan fingerprint density at radius 1 is 0.308 bits per heavy atom. The molecule has 0 N–H and O–H groups in total. The highest BCUT2D eigenvalue weighted by Gasteiger charge is 2.42. The van der Waals surface area contributed by atoms with Gasteiger partial charge in [0.05, 0.1) is 5.69 Å². The fourth-order valence-corrected chi connectivity index (χ4v) is 10.5. The molecule has 1 unspecified atom stereocenters. The molecule has 0 aliphatic heterocycles. The summed E-state index contributed by atoms with van der Waals surface area (Å²) in [7, 11) is 0. The highest BCUT2D eigenvalue weighted by atomic mass is 15.1. The summed E-state index contributed by atoms with van der Waals surface area (Å²) in [6, 6.07) is 93.6. The summed E-state index contributed by atoms with van der Waals surface area (Å²) in [5.41, 5.74) is 19.1. The SMILES string of the molecule is CC1(c2ccccc2)c2ccccc2-c2c(N(c3cccc(-c4ccc(-c5cccc6ccccc56)cc4)c3)c3cccc(-c4ccc(-c5cccc6ccccc56)cc4)c3)cccc21. The van der Waals surface area contributed by atoms with Gasteiger partial charge in [0.25, 0.3) is 0 Å². The van der Waals surface area contributed by atoms with Gasteiger partial charge in [0, 0.05) is 22.4 Å². The number of fused-ring (bicyclic) bond motifs is 5. The fourth-order valence-electron chi connectivity index (χ4n) is 10.5. The lowest BCUT2D eigenvalue weighted by Gasteiger charge is -2.31. The van der Waals surface area contributed by atoms with Crippen molar-refractivity contribution < 1.29 is 0 Å². The van der Waals surface area contributed by atoms with Crippen molar-refractivity contribution in [3.8, 4) is 55.6 Å². The smallest absolute Gasteiger partial charge is 0.0543 e. The minimum Gasteiger partial charge on any atom is -0.310 e. The standard InChI is InChI=1S/C64H45N/c1-64(52-22-3-2-4-23-52)60-31-10-9-28-59(60)63-61(64)32-15-33-62(63)65(53-24-11-20-50(42-53)44-34-38-48(39-35-44)57-29-13-18-46-16-5-7-26-55(46)57)54-25-12-21-51(43-54)45-36-40-49(41-37-45)58-30-14-19-47-17-6-8-27-56(47)58/h2-43H,1H3. The minimum atomic E-state index is -0.323. The molecule has 0 saturated carbocycles. The van der Waals surface area contributed by atoms with Crippen molar-refractivity contribution in [2.24, 2.45) is 0 Å². The van der Waals surface area contributed by atoms with E-state index in [9.17, 15) is 0 Å². The van der Waals surface area contributed by atoms with Gasteiger partial charge in [-0.2, -0.15) is 0 Å². The molecule has 1 aliphatic carbocycles. The second kappa shape index (κ2) is 15.8. The van der Waals surface area contributed by atoms with E-state index in [1.165, 1.54) is 93.9 Å². The summed E-state index contributed by atoms with van der Waals surface area (Å²) in [5, 5.41) is 5.04. The molecule has 0 spiro atoms. The minimum absolute atomic E-state index is 0.323. The van der Waals surface area contributed by atoms with Gasteiger partial charge in [-0.1, -0.05) is 224 Å². The van der Waals surface area contributed by atoms with E-state index in [-0.39, 0.29) is 5.41 Å². The predicted octanol–water partition coefficient (Wildman–Crippen LogP) is 17.5. The van der Waals surface area contributed by atoms with Crippen molar-refractivity contribution in [2.75, 3.05) is 4.90 Å². The molecule has 11 aromatic rings. The molecule has 0 heterocycles. The lowest BCUT2D eigenvalue weighted by atomic mass is 9.74. The number of hydrogen-bond donors (Lipinski definition) is 0. The molecule has 1 heteroatoms. The van der Waals surface area contributed by atoms with Gasteiger partial charge >= 0.3 is 0 Å². The molecule has 1 aliphatic rings. The van der Waals surface area contributed by atoms with Crippen molar-refractivity contribution in [2.45, 2.75) is 12.3 Å². The van der Waals surface area contributed by atoms with Crippen molar-refractivity contribution in [1.82, 2.24) is 0 Å². The van der Waals surface area contributed by atoms with E-state index in [0.717, 1.165) is 17.1 Å². The third-order valence-electron chi connectivity index (χ3n) is 13.8. The van der Waals surface area contributed by atoms with Gasteiger partial charge in [0.1, 0.15) is 0 Å². The monoisotopic (exact) mass is 827 g/mol. The molecule has 0 bridgehead atoms. The summed E-state index contributed by atoms with van der Waals surface area (Å²) in [6.07, 6.45) is 0. The van der Waals surface area contributed by atoms with Gasteiger partial charge in [0.2, 0.25) is 0 Å². The summed E-state index contributed by atoms with van der Waals surface area (Å²) >= 11 is 0. The van der Waals surface area contributed by atoms with Crippen LogP contribution in [0.25, 0.3) is 77.2 Å². The van der Waals surface area contributed by atoms with E-state index in [1.807, 2.05) is 0 Å². The first-order chi connectivity index (χ1) is 32.1. The first-order valence-electron chi connectivity index (χ1n) is 22.6. The third kappa shape index (κ3) is 6.55. The number of anilines is 3. The van der Waals surface area contributed by atoms with E-state index < -0.39 is 0 Å². The average Bonchev–Trinajstić information content (AvgIpc) is 3.65. The van der Waals surface area contributed by atoms with Gasteiger partial charge in [-0.15, -0.1) is 0 Å². The molecular weight excluding hydrogens is 783 g/mol. The van der Waals surface area contributed by atoms with Gasteiger partial charge in [-0.05, 0) is 126 Å². The number of nitrogens with zero attached hydrogens (tertiary/aromatic N) is 1. The highest BCUT2D eigenvalue weighted by Crippen LogP contribution is 2.57. The van der Waals surface area contributed by atoms with Crippen molar-refractivity contribution >= 4 is 38.6 Å². The van der Waals surface area contributed by atoms with Crippen LogP contribution in [-0.4, -0.2) is 0 Å². The van der Waals surface area contributed by atoms with Gasteiger partial charge in [0.15, 0.2) is 0 Å². The average molecular weight is 828 g/mol. The molecule has 0 saturated heterocycles. The topological polar surface area (TPSA) is 3.24 Å². The number of hydrogen-bond acceptors (Lipinski definition) is 1. The number of rotatable bonds is 8. The fraction of sp³-hybridized carbons (Fsp3) is 0.0312. The normalized spacial score (nSPS) is 14.0. The van der Waals surface area contributed by atoms with Crippen LogP contribution in [0.1, 0.15) is 23.6 Å².